The molecule has 2 aliphatic heterocycles. The van der Waals surface area contributed by atoms with Gasteiger partial charge >= 0.3 is 0 Å². The van der Waals surface area contributed by atoms with Crippen LogP contribution in [0.5, 0.6) is 0 Å². The third-order valence-corrected chi connectivity index (χ3v) is 5.18. The predicted molar refractivity (Wildman–Crippen MR) is 88.9 cm³/mol. The molecule has 0 aromatic heterocycles. The Morgan fingerprint density at radius 1 is 1.35 bits per heavy atom. The van der Waals surface area contributed by atoms with E-state index in [4.69, 9.17) is 0 Å². The Balaban J connectivity index is 1.68. The van der Waals surface area contributed by atoms with Crippen molar-refractivity contribution in [3.63, 3.8) is 0 Å². The number of para-hydroxylation sites is 1. The number of carbonyl (C=O) groups excluding carboxylic acids is 3. The summed E-state index contributed by atoms with van der Waals surface area (Å²) in [6, 6.07) is 6.56. The summed E-state index contributed by atoms with van der Waals surface area (Å²) in [4.78, 5) is 38.0. The number of amides is 3. The van der Waals surface area contributed by atoms with E-state index >= 15 is 0 Å². The molecule has 2 atom stereocenters. The van der Waals surface area contributed by atoms with Crippen LogP contribution in [0, 0.1) is 6.92 Å². The summed E-state index contributed by atoms with van der Waals surface area (Å²) in [5, 5.41) is 5.58. The first-order chi connectivity index (χ1) is 11.1. The average molecular weight is 333 g/mol. The van der Waals surface area contributed by atoms with Crippen molar-refractivity contribution >= 4 is 35.2 Å². The van der Waals surface area contributed by atoms with Crippen LogP contribution < -0.4 is 10.6 Å². The van der Waals surface area contributed by atoms with Gasteiger partial charge in [0, 0.05) is 17.9 Å². The highest BCUT2D eigenvalue weighted by molar-refractivity contribution is 7.99. The zero-order valence-electron chi connectivity index (χ0n) is 12.9. The molecule has 122 valence electrons. The zero-order chi connectivity index (χ0) is 16.4. The topological polar surface area (TPSA) is 78.5 Å². The predicted octanol–water partition coefficient (Wildman–Crippen LogP) is 1.11. The molecule has 2 heterocycles. The van der Waals surface area contributed by atoms with E-state index in [1.807, 2.05) is 31.2 Å². The van der Waals surface area contributed by atoms with Gasteiger partial charge in [0.05, 0.1) is 5.88 Å². The maximum atomic E-state index is 12.6. The molecule has 3 rings (SSSR count). The van der Waals surface area contributed by atoms with Crippen molar-refractivity contribution in [2.24, 2.45) is 0 Å². The van der Waals surface area contributed by atoms with Crippen molar-refractivity contribution < 1.29 is 14.4 Å². The van der Waals surface area contributed by atoms with E-state index in [0.29, 0.717) is 24.5 Å². The van der Waals surface area contributed by atoms with E-state index in [9.17, 15) is 14.4 Å². The highest BCUT2D eigenvalue weighted by Crippen LogP contribution is 2.25. The fourth-order valence-electron chi connectivity index (χ4n) is 2.81. The lowest BCUT2D eigenvalue weighted by molar-refractivity contribution is -0.138. The number of aryl methyl sites for hydroxylation is 1. The van der Waals surface area contributed by atoms with Crippen LogP contribution in [0.1, 0.15) is 18.4 Å². The first-order valence-electron chi connectivity index (χ1n) is 7.60. The fourth-order valence-corrected chi connectivity index (χ4v) is 3.97. The van der Waals surface area contributed by atoms with E-state index in [1.165, 1.54) is 0 Å². The van der Waals surface area contributed by atoms with E-state index < -0.39 is 12.1 Å². The SMILES string of the molecule is Cc1ccccc1NC(=O)[C@@H]1CSCN1C(=O)[C@@H]1CCC(=O)N1. The molecule has 1 aromatic carbocycles. The van der Waals surface area contributed by atoms with Crippen LogP contribution in [0.25, 0.3) is 0 Å². The smallest absolute Gasteiger partial charge is 0.248 e. The van der Waals surface area contributed by atoms with Crippen molar-refractivity contribution in [2.45, 2.75) is 31.8 Å². The lowest BCUT2D eigenvalue weighted by Gasteiger charge is -2.26. The summed E-state index contributed by atoms with van der Waals surface area (Å²) < 4.78 is 0. The number of hydrogen-bond donors (Lipinski definition) is 2. The standard InChI is InChI=1S/C16H19N3O3S/c1-10-4-2-3-5-11(10)18-15(21)13-8-23-9-19(13)16(22)12-6-7-14(20)17-12/h2-5,12-13H,6-9H2,1H3,(H,17,20)(H,18,21)/t12-,13-/m0/s1. The summed E-state index contributed by atoms with van der Waals surface area (Å²) in [6.07, 6.45) is 0.877. The molecular weight excluding hydrogens is 314 g/mol. The number of rotatable bonds is 3. The Morgan fingerprint density at radius 3 is 2.83 bits per heavy atom. The maximum Gasteiger partial charge on any atom is 0.248 e. The molecule has 3 amide bonds. The van der Waals surface area contributed by atoms with E-state index in [2.05, 4.69) is 10.6 Å². The fraction of sp³-hybridized carbons (Fsp3) is 0.438. The Bertz CT molecular complexity index is 649. The van der Waals surface area contributed by atoms with Crippen LogP contribution in [-0.2, 0) is 14.4 Å². The van der Waals surface area contributed by atoms with E-state index in [1.54, 1.807) is 16.7 Å². The Labute approximate surface area is 139 Å². The number of nitrogens with zero attached hydrogens (tertiary/aromatic N) is 1. The normalized spacial score (nSPS) is 23.7. The van der Waals surface area contributed by atoms with Crippen molar-refractivity contribution in [1.29, 1.82) is 0 Å². The Morgan fingerprint density at radius 2 is 2.13 bits per heavy atom. The molecule has 23 heavy (non-hydrogen) atoms. The molecule has 2 aliphatic rings. The molecular formula is C16H19N3O3S. The molecule has 6 nitrogen and oxygen atoms in total. The summed E-state index contributed by atoms with van der Waals surface area (Å²) >= 11 is 1.55. The molecule has 7 heteroatoms. The maximum absolute atomic E-state index is 12.6. The Hall–Kier alpha value is -2.02. The molecule has 2 N–H and O–H groups in total. The summed E-state index contributed by atoms with van der Waals surface area (Å²) in [7, 11) is 0. The molecule has 0 aliphatic carbocycles. The van der Waals surface area contributed by atoms with Gasteiger partial charge in [-0.1, -0.05) is 18.2 Å². The third-order valence-electron chi connectivity index (χ3n) is 4.16. The van der Waals surface area contributed by atoms with Crippen LogP contribution >= 0.6 is 11.8 Å². The summed E-state index contributed by atoms with van der Waals surface area (Å²) in [5.74, 6) is 0.616. The Kier molecular flexibility index (Phi) is 4.56. The van der Waals surface area contributed by atoms with Gasteiger partial charge in [-0.15, -0.1) is 11.8 Å². The van der Waals surface area contributed by atoms with E-state index in [-0.39, 0.29) is 17.7 Å². The van der Waals surface area contributed by atoms with Crippen LogP contribution in [0.2, 0.25) is 0 Å². The van der Waals surface area contributed by atoms with Gasteiger partial charge < -0.3 is 15.5 Å². The quantitative estimate of drug-likeness (QED) is 0.869. The molecule has 0 radical (unpaired) electrons. The van der Waals surface area contributed by atoms with Gasteiger partial charge in [-0.25, -0.2) is 0 Å². The highest BCUT2D eigenvalue weighted by atomic mass is 32.2. The minimum absolute atomic E-state index is 0.101. The van der Waals surface area contributed by atoms with Crippen molar-refractivity contribution in [3.8, 4) is 0 Å². The number of carbonyl (C=O) groups is 3. The van der Waals surface area contributed by atoms with Crippen molar-refractivity contribution in [2.75, 3.05) is 16.9 Å². The van der Waals surface area contributed by atoms with Gasteiger partial charge in [-0.2, -0.15) is 0 Å². The first kappa shape index (κ1) is 15.9. The van der Waals surface area contributed by atoms with Gasteiger partial charge in [0.15, 0.2) is 0 Å². The second-order valence-corrected chi connectivity index (χ2v) is 6.79. The molecule has 2 fully saturated rings. The minimum atomic E-state index is -0.496. The number of hydrogen-bond acceptors (Lipinski definition) is 4. The van der Waals surface area contributed by atoms with Crippen LogP contribution in [0.4, 0.5) is 5.69 Å². The molecule has 1 aromatic rings. The van der Waals surface area contributed by atoms with Gasteiger partial charge in [0.2, 0.25) is 17.7 Å². The number of nitrogens with one attached hydrogen (secondary N) is 2. The molecule has 0 bridgehead atoms. The number of benzene rings is 1. The van der Waals surface area contributed by atoms with Crippen molar-refractivity contribution in [3.05, 3.63) is 29.8 Å². The largest absolute Gasteiger partial charge is 0.344 e. The molecule has 0 spiro atoms. The molecule has 0 unspecified atom stereocenters. The molecule has 0 saturated carbocycles. The lowest BCUT2D eigenvalue weighted by Crippen LogP contribution is -2.50. The minimum Gasteiger partial charge on any atom is -0.344 e. The van der Waals surface area contributed by atoms with Gasteiger partial charge in [0.1, 0.15) is 12.1 Å². The zero-order valence-corrected chi connectivity index (χ0v) is 13.7. The van der Waals surface area contributed by atoms with E-state index in [0.717, 1.165) is 11.3 Å². The monoisotopic (exact) mass is 333 g/mol. The second kappa shape index (κ2) is 6.62. The van der Waals surface area contributed by atoms with Gasteiger partial charge in [-0.05, 0) is 25.0 Å². The average Bonchev–Trinajstić information content (AvgIpc) is 3.17. The lowest BCUT2D eigenvalue weighted by atomic mass is 10.1. The van der Waals surface area contributed by atoms with Crippen LogP contribution in [0.3, 0.4) is 0 Å². The van der Waals surface area contributed by atoms with Crippen molar-refractivity contribution in [1.82, 2.24) is 10.2 Å². The third kappa shape index (κ3) is 3.34. The first-order valence-corrected chi connectivity index (χ1v) is 8.76. The second-order valence-electron chi connectivity index (χ2n) is 5.79. The summed E-state index contributed by atoms with van der Waals surface area (Å²) in [6.45, 7) is 1.93. The summed E-state index contributed by atoms with van der Waals surface area (Å²) in [5.41, 5.74) is 1.74. The number of anilines is 1. The van der Waals surface area contributed by atoms with Gasteiger partial charge in [-0.3, -0.25) is 14.4 Å². The van der Waals surface area contributed by atoms with Crippen LogP contribution in [0.15, 0.2) is 24.3 Å². The van der Waals surface area contributed by atoms with Crippen LogP contribution in [-0.4, -0.2) is 46.3 Å². The number of thioether (sulfide) groups is 1. The highest BCUT2D eigenvalue weighted by Gasteiger charge is 2.39. The molecule has 2 saturated heterocycles. The van der Waals surface area contributed by atoms with Gasteiger partial charge in [0.25, 0.3) is 0 Å².